The van der Waals surface area contributed by atoms with Crippen LogP contribution in [0.2, 0.25) is 0 Å². The van der Waals surface area contributed by atoms with E-state index in [0.29, 0.717) is 19.6 Å². The van der Waals surface area contributed by atoms with Gasteiger partial charge in [0, 0.05) is 19.5 Å². The summed E-state index contributed by atoms with van der Waals surface area (Å²) in [5.74, 6) is -1.28. The Morgan fingerprint density at radius 1 is 1.44 bits per heavy atom. The molecule has 94 valence electrons. The molecule has 0 bridgehead atoms. The fourth-order valence-corrected chi connectivity index (χ4v) is 2.07. The van der Waals surface area contributed by atoms with Crippen LogP contribution < -0.4 is 0 Å². The zero-order chi connectivity index (χ0) is 12.3. The molecule has 1 saturated heterocycles. The summed E-state index contributed by atoms with van der Waals surface area (Å²) in [4.78, 5) is 12.6. The highest BCUT2D eigenvalue weighted by Crippen LogP contribution is 2.25. The first-order chi connectivity index (χ1) is 7.29. The fourth-order valence-electron chi connectivity index (χ4n) is 2.07. The van der Waals surface area contributed by atoms with Crippen LogP contribution in [0.1, 0.15) is 19.8 Å². The van der Waals surface area contributed by atoms with Gasteiger partial charge in [0.05, 0.1) is 5.92 Å². The number of alkyl halides is 3. The minimum absolute atomic E-state index is 0.0170. The van der Waals surface area contributed by atoms with Crippen LogP contribution in [0.4, 0.5) is 13.2 Å². The van der Waals surface area contributed by atoms with Crippen LogP contribution in [-0.4, -0.2) is 41.8 Å². The molecule has 0 saturated carbocycles. The fraction of sp³-hybridized carbons (Fsp3) is 0.900. The predicted octanol–water partition coefficient (Wildman–Crippen LogP) is 1.98. The molecular formula is C10H16F3NO2. The number of nitrogens with zero attached hydrogens (tertiary/aromatic N) is 1. The van der Waals surface area contributed by atoms with Gasteiger partial charge in [-0.2, -0.15) is 13.2 Å². The van der Waals surface area contributed by atoms with Gasteiger partial charge in [0.15, 0.2) is 0 Å². The second-order valence-corrected chi connectivity index (χ2v) is 4.40. The van der Waals surface area contributed by atoms with Crippen molar-refractivity contribution in [3.05, 3.63) is 0 Å². The van der Waals surface area contributed by atoms with E-state index in [2.05, 4.69) is 0 Å². The normalized spacial score (nSPS) is 27.2. The molecule has 1 aliphatic heterocycles. The van der Waals surface area contributed by atoms with Gasteiger partial charge >= 0.3 is 12.1 Å². The Kier molecular flexibility index (Phi) is 4.18. The van der Waals surface area contributed by atoms with Gasteiger partial charge < -0.3 is 10.0 Å². The van der Waals surface area contributed by atoms with E-state index in [4.69, 9.17) is 5.11 Å². The number of rotatable bonds is 4. The minimum Gasteiger partial charge on any atom is -0.481 e. The van der Waals surface area contributed by atoms with Gasteiger partial charge in [0.25, 0.3) is 0 Å². The van der Waals surface area contributed by atoms with E-state index in [9.17, 15) is 18.0 Å². The molecule has 6 heteroatoms. The van der Waals surface area contributed by atoms with Crippen molar-refractivity contribution in [2.45, 2.75) is 25.9 Å². The van der Waals surface area contributed by atoms with Gasteiger partial charge in [-0.25, -0.2) is 0 Å². The van der Waals surface area contributed by atoms with Crippen molar-refractivity contribution < 1.29 is 23.1 Å². The molecule has 0 amide bonds. The molecule has 1 rings (SSSR count). The highest BCUT2D eigenvalue weighted by Gasteiger charge is 2.35. The van der Waals surface area contributed by atoms with Crippen molar-refractivity contribution in [2.24, 2.45) is 11.8 Å². The average molecular weight is 239 g/mol. The van der Waals surface area contributed by atoms with Gasteiger partial charge in [-0.05, 0) is 18.9 Å². The van der Waals surface area contributed by atoms with Crippen LogP contribution in [-0.2, 0) is 4.79 Å². The van der Waals surface area contributed by atoms with Gasteiger partial charge in [0.1, 0.15) is 0 Å². The van der Waals surface area contributed by atoms with E-state index < -0.39 is 24.5 Å². The second-order valence-electron chi connectivity index (χ2n) is 4.40. The number of likely N-dealkylation sites (tertiary alicyclic amines) is 1. The highest BCUT2D eigenvalue weighted by molar-refractivity contribution is 5.71. The molecule has 0 aromatic rings. The number of carbonyl (C=O) groups is 1. The topological polar surface area (TPSA) is 40.5 Å². The Hall–Kier alpha value is -0.780. The predicted molar refractivity (Wildman–Crippen MR) is 52.0 cm³/mol. The maximum absolute atomic E-state index is 11.9. The van der Waals surface area contributed by atoms with Crippen LogP contribution in [0.5, 0.6) is 0 Å². The van der Waals surface area contributed by atoms with E-state index in [0.717, 1.165) is 0 Å². The van der Waals surface area contributed by atoms with Crippen LogP contribution in [0.3, 0.4) is 0 Å². The molecule has 3 nitrogen and oxygen atoms in total. The first-order valence-corrected chi connectivity index (χ1v) is 5.31. The van der Waals surface area contributed by atoms with E-state index in [1.807, 2.05) is 6.92 Å². The molecule has 0 radical (unpaired) electrons. The zero-order valence-electron chi connectivity index (χ0n) is 9.13. The first kappa shape index (κ1) is 13.3. The lowest BCUT2D eigenvalue weighted by Gasteiger charge is -2.15. The number of halogens is 3. The minimum atomic E-state index is -4.11. The van der Waals surface area contributed by atoms with E-state index in [1.54, 1.807) is 4.90 Å². The monoisotopic (exact) mass is 239 g/mol. The molecule has 2 unspecified atom stereocenters. The Bertz CT molecular complexity index is 255. The van der Waals surface area contributed by atoms with E-state index in [1.165, 1.54) is 0 Å². The molecular weight excluding hydrogens is 223 g/mol. The molecule has 0 aromatic heterocycles. The van der Waals surface area contributed by atoms with Gasteiger partial charge in [-0.15, -0.1) is 0 Å². The van der Waals surface area contributed by atoms with E-state index >= 15 is 0 Å². The third kappa shape index (κ3) is 4.00. The lowest BCUT2D eigenvalue weighted by molar-refractivity contribution is -0.142. The molecule has 1 N–H and O–H groups in total. The quantitative estimate of drug-likeness (QED) is 0.815. The Labute approximate surface area is 92.2 Å². The van der Waals surface area contributed by atoms with Crippen molar-refractivity contribution in [1.82, 2.24) is 4.90 Å². The lowest BCUT2D eigenvalue weighted by Crippen LogP contribution is -2.25. The molecule has 0 aliphatic carbocycles. The summed E-state index contributed by atoms with van der Waals surface area (Å²) < 4.78 is 35.7. The molecule has 1 heterocycles. The van der Waals surface area contributed by atoms with Gasteiger partial charge in [-0.3, -0.25) is 4.79 Å². The third-order valence-electron chi connectivity index (χ3n) is 2.94. The zero-order valence-corrected chi connectivity index (χ0v) is 9.13. The summed E-state index contributed by atoms with van der Waals surface area (Å²) in [6, 6.07) is 0. The van der Waals surface area contributed by atoms with E-state index in [-0.39, 0.29) is 12.3 Å². The molecule has 0 spiro atoms. The standard InChI is InChI=1S/C10H16F3NO2/c1-7-5-14(6-8(7)9(15)16)4-2-3-10(11,12)13/h7-8H,2-6H2,1H3,(H,15,16). The van der Waals surface area contributed by atoms with Gasteiger partial charge in [0.2, 0.25) is 0 Å². The lowest BCUT2D eigenvalue weighted by atomic mass is 9.99. The van der Waals surface area contributed by atoms with Crippen LogP contribution >= 0.6 is 0 Å². The average Bonchev–Trinajstić information content (AvgIpc) is 2.44. The summed E-state index contributed by atoms with van der Waals surface area (Å²) in [7, 11) is 0. The highest BCUT2D eigenvalue weighted by atomic mass is 19.4. The largest absolute Gasteiger partial charge is 0.481 e. The first-order valence-electron chi connectivity index (χ1n) is 5.31. The van der Waals surface area contributed by atoms with Crippen molar-refractivity contribution in [1.29, 1.82) is 0 Å². The summed E-state index contributed by atoms with van der Waals surface area (Å²) in [5.41, 5.74) is 0. The number of hydrogen-bond donors (Lipinski definition) is 1. The maximum Gasteiger partial charge on any atom is 0.389 e. The van der Waals surface area contributed by atoms with Crippen LogP contribution in [0.25, 0.3) is 0 Å². The number of hydrogen-bond acceptors (Lipinski definition) is 2. The summed E-state index contributed by atoms with van der Waals surface area (Å²) in [6.07, 6.45) is -4.87. The molecule has 0 aromatic carbocycles. The molecule has 2 atom stereocenters. The Morgan fingerprint density at radius 2 is 2.06 bits per heavy atom. The summed E-state index contributed by atoms with van der Waals surface area (Å²) >= 11 is 0. The Balaban J connectivity index is 2.28. The smallest absolute Gasteiger partial charge is 0.389 e. The summed E-state index contributed by atoms with van der Waals surface area (Å²) in [5, 5.41) is 8.85. The number of aliphatic carboxylic acids is 1. The Morgan fingerprint density at radius 3 is 2.50 bits per heavy atom. The van der Waals surface area contributed by atoms with Crippen LogP contribution in [0.15, 0.2) is 0 Å². The van der Waals surface area contributed by atoms with Crippen molar-refractivity contribution in [3.8, 4) is 0 Å². The third-order valence-corrected chi connectivity index (χ3v) is 2.94. The number of carboxylic acids is 1. The number of carboxylic acid groups (broad SMARTS) is 1. The van der Waals surface area contributed by atoms with Crippen LogP contribution in [0, 0.1) is 11.8 Å². The van der Waals surface area contributed by atoms with Crippen molar-refractivity contribution in [3.63, 3.8) is 0 Å². The molecule has 1 fully saturated rings. The maximum atomic E-state index is 11.9. The molecule has 1 aliphatic rings. The molecule has 16 heavy (non-hydrogen) atoms. The van der Waals surface area contributed by atoms with Crippen molar-refractivity contribution >= 4 is 5.97 Å². The summed E-state index contributed by atoms with van der Waals surface area (Å²) in [6.45, 7) is 3.10. The van der Waals surface area contributed by atoms with Crippen molar-refractivity contribution in [2.75, 3.05) is 19.6 Å². The second kappa shape index (κ2) is 5.03. The van der Waals surface area contributed by atoms with Gasteiger partial charge in [-0.1, -0.05) is 6.92 Å². The SMILES string of the molecule is CC1CN(CCCC(F)(F)F)CC1C(=O)O.